The molecule has 6 nitrogen and oxygen atoms in total. The van der Waals surface area contributed by atoms with Gasteiger partial charge in [0.1, 0.15) is 23.6 Å². The van der Waals surface area contributed by atoms with Gasteiger partial charge in [-0.2, -0.15) is 0 Å². The Morgan fingerprint density at radius 1 is 1.42 bits per heavy atom. The van der Waals surface area contributed by atoms with Crippen LogP contribution in [-0.2, 0) is 18.2 Å². The second-order valence-electron chi connectivity index (χ2n) is 6.83. The summed E-state index contributed by atoms with van der Waals surface area (Å²) in [5, 5.41) is 10.4. The average molecular weight is 334 g/mol. The van der Waals surface area contributed by atoms with E-state index in [9.17, 15) is 9.18 Å². The molecule has 0 radical (unpaired) electrons. The highest BCUT2D eigenvalue weighted by Gasteiger charge is 2.18. The third-order valence-corrected chi connectivity index (χ3v) is 3.49. The molecule has 2 rings (SSSR count). The quantitative estimate of drug-likeness (QED) is 0.926. The average Bonchev–Trinajstić information content (AvgIpc) is 2.84. The highest BCUT2D eigenvalue weighted by molar-refractivity contribution is 5.85. The van der Waals surface area contributed by atoms with Crippen molar-refractivity contribution in [2.45, 2.75) is 45.6 Å². The van der Waals surface area contributed by atoms with Crippen molar-refractivity contribution in [1.82, 2.24) is 14.8 Å². The Morgan fingerprint density at radius 2 is 2.12 bits per heavy atom. The van der Waals surface area contributed by atoms with Crippen molar-refractivity contribution in [1.29, 1.82) is 0 Å². The Bertz CT molecular complexity index is 722. The van der Waals surface area contributed by atoms with E-state index in [1.807, 2.05) is 18.5 Å². The molecule has 1 atom stereocenters. The van der Waals surface area contributed by atoms with Crippen molar-refractivity contribution in [2.75, 3.05) is 5.32 Å². The van der Waals surface area contributed by atoms with Gasteiger partial charge in [0.2, 0.25) is 0 Å². The van der Waals surface area contributed by atoms with E-state index < -0.39 is 17.5 Å². The summed E-state index contributed by atoms with van der Waals surface area (Å²) in [6.07, 6.45) is 1.62. The molecule has 0 fully saturated rings. The van der Waals surface area contributed by atoms with Crippen LogP contribution >= 0.6 is 0 Å². The number of carbonyl (C=O) groups is 1. The van der Waals surface area contributed by atoms with Crippen LogP contribution in [0, 0.1) is 5.82 Å². The van der Waals surface area contributed by atoms with Gasteiger partial charge in [0.15, 0.2) is 0 Å². The number of hydrogen-bond donors (Lipinski definition) is 1. The molecular formula is C17H23FN4O2. The van der Waals surface area contributed by atoms with Crippen molar-refractivity contribution < 1.29 is 13.9 Å². The fourth-order valence-corrected chi connectivity index (χ4v) is 2.24. The van der Waals surface area contributed by atoms with Gasteiger partial charge in [0, 0.05) is 13.5 Å². The number of nitrogens with zero attached hydrogens (tertiary/aromatic N) is 3. The lowest BCUT2D eigenvalue weighted by molar-refractivity contribution is 0.0635. The van der Waals surface area contributed by atoms with Crippen LogP contribution in [0.4, 0.5) is 14.9 Å². The molecule has 7 heteroatoms. The Labute approximate surface area is 141 Å². The molecule has 1 heterocycles. The maximum atomic E-state index is 14.0. The predicted octanol–water partition coefficient (Wildman–Crippen LogP) is 3.65. The first-order valence-electron chi connectivity index (χ1n) is 7.78. The van der Waals surface area contributed by atoms with Crippen molar-refractivity contribution in [3.8, 4) is 0 Å². The van der Waals surface area contributed by atoms with E-state index in [1.165, 1.54) is 6.07 Å². The first-order chi connectivity index (χ1) is 11.2. The van der Waals surface area contributed by atoms with Crippen LogP contribution in [0.3, 0.4) is 0 Å². The SMILES string of the molecule is CC(Cc1nncn1C)c1ccc(F)c(NC(=O)OC(C)(C)C)c1. The van der Waals surface area contributed by atoms with Gasteiger partial charge >= 0.3 is 6.09 Å². The molecule has 130 valence electrons. The summed E-state index contributed by atoms with van der Waals surface area (Å²) >= 11 is 0. The molecule has 0 saturated carbocycles. The number of aryl methyl sites for hydroxylation is 1. The summed E-state index contributed by atoms with van der Waals surface area (Å²) in [5.74, 6) is 0.427. The standard InChI is InChI=1S/C17H23FN4O2/c1-11(8-15-21-19-10-22(15)5)12-6-7-13(18)14(9-12)20-16(23)24-17(2,3)4/h6-7,9-11H,8H2,1-5H3,(H,20,23). The minimum absolute atomic E-state index is 0.0905. The topological polar surface area (TPSA) is 69.0 Å². The molecule has 1 aromatic carbocycles. The Balaban J connectivity index is 2.13. The van der Waals surface area contributed by atoms with Crippen molar-refractivity contribution >= 4 is 11.8 Å². The van der Waals surface area contributed by atoms with Gasteiger partial charge in [-0.05, 0) is 44.4 Å². The van der Waals surface area contributed by atoms with Crippen LogP contribution in [0.1, 0.15) is 45.0 Å². The van der Waals surface area contributed by atoms with Crippen LogP contribution in [-0.4, -0.2) is 26.5 Å². The maximum Gasteiger partial charge on any atom is 0.412 e. The second kappa shape index (κ2) is 6.98. The van der Waals surface area contributed by atoms with Crippen molar-refractivity contribution in [2.24, 2.45) is 7.05 Å². The third kappa shape index (κ3) is 4.78. The fraction of sp³-hybridized carbons (Fsp3) is 0.471. The maximum absolute atomic E-state index is 14.0. The van der Waals surface area contributed by atoms with E-state index in [2.05, 4.69) is 15.5 Å². The van der Waals surface area contributed by atoms with Crippen molar-refractivity contribution in [3.05, 3.63) is 41.7 Å². The fourth-order valence-electron chi connectivity index (χ4n) is 2.24. The number of nitrogens with one attached hydrogen (secondary N) is 1. The molecule has 0 aliphatic carbocycles. The summed E-state index contributed by atoms with van der Waals surface area (Å²) < 4.78 is 21.0. The smallest absolute Gasteiger partial charge is 0.412 e. The van der Waals surface area contributed by atoms with E-state index in [4.69, 9.17) is 4.74 Å². The monoisotopic (exact) mass is 334 g/mol. The van der Waals surface area contributed by atoms with E-state index in [0.717, 1.165) is 11.4 Å². The van der Waals surface area contributed by atoms with Crippen LogP contribution < -0.4 is 5.32 Å². The number of benzene rings is 1. The van der Waals surface area contributed by atoms with E-state index >= 15 is 0 Å². The molecule has 0 bridgehead atoms. The first-order valence-corrected chi connectivity index (χ1v) is 7.78. The summed E-state index contributed by atoms with van der Waals surface area (Å²) in [6.45, 7) is 7.27. The number of halogens is 1. The predicted molar refractivity (Wildman–Crippen MR) is 89.4 cm³/mol. The van der Waals surface area contributed by atoms with Gasteiger partial charge in [-0.25, -0.2) is 9.18 Å². The zero-order valence-corrected chi connectivity index (χ0v) is 14.6. The molecule has 0 saturated heterocycles. The minimum atomic E-state index is -0.681. The van der Waals surface area contributed by atoms with Gasteiger partial charge < -0.3 is 9.30 Å². The molecule has 1 aromatic heterocycles. The molecule has 0 aliphatic rings. The molecule has 0 aliphatic heterocycles. The van der Waals surface area contributed by atoms with Crippen LogP contribution in [0.15, 0.2) is 24.5 Å². The Morgan fingerprint density at radius 3 is 2.71 bits per heavy atom. The third-order valence-electron chi connectivity index (χ3n) is 3.49. The number of aromatic nitrogens is 3. The number of hydrogen-bond acceptors (Lipinski definition) is 4. The first kappa shape index (κ1) is 17.9. The van der Waals surface area contributed by atoms with Gasteiger partial charge in [-0.1, -0.05) is 13.0 Å². The highest BCUT2D eigenvalue weighted by atomic mass is 19.1. The molecule has 1 unspecified atom stereocenters. The van der Waals surface area contributed by atoms with Gasteiger partial charge in [0.25, 0.3) is 0 Å². The van der Waals surface area contributed by atoms with E-state index in [1.54, 1.807) is 39.2 Å². The lowest BCUT2D eigenvalue weighted by atomic mass is 9.97. The van der Waals surface area contributed by atoms with Gasteiger partial charge in [-0.3, -0.25) is 5.32 Å². The Hall–Kier alpha value is -2.44. The summed E-state index contributed by atoms with van der Waals surface area (Å²) in [5.41, 5.74) is 0.355. The van der Waals surface area contributed by atoms with E-state index in [-0.39, 0.29) is 11.6 Å². The lowest BCUT2D eigenvalue weighted by Crippen LogP contribution is -2.27. The number of amides is 1. The molecular weight excluding hydrogens is 311 g/mol. The zero-order valence-electron chi connectivity index (χ0n) is 14.6. The largest absolute Gasteiger partial charge is 0.444 e. The molecule has 2 aromatic rings. The molecule has 1 amide bonds. The number of carbonyl (C=O) groups excluding carboxylic acids is 1. The Kier molecular flexibility index (Phi) is 5.21. The number of rotatable bonds is 4. The summed E-state index contributed by atoms with van der Waals surface area (Å²) in [4.78, 5) is 11.8. The number of ether oxygens (including phenoxy) is 1. The van der Waals surface area contributed by atoms with E-state index in [0.29, 0.717) is 6.42 Å². The summed E-state index contributed by atoms with van der Waals surface area (Å²) in [7, 11) is 1.88. The molecule has 1 N–H and O–H groups in total. The molecule has 24 heavy (non-hydrogen) atoms. The van der Waals surface area contributed by atoms with Gasteiger partial charge in [0.05, 0.1) is 5.69 Å². The second-order valence-corrected chi connectivity index (χ2v) is 6.83. The molecule has 0 spiro atoms. The normalized spacial score (nSPS) is 12.8. The summed E-state index contributed by atoms with van der Waals surface area (Å²) in [6, 6.07) is 4.67. The van der Waals surface area contributed by atoms with Crippen molar-refractivity contribution in [3.63, 3.8) is 0 Å². The van der Waals surface area contributed by atoms with Crippen LogP contribution in [0.5, 0.6) is 0 Å². The lowest BCUT2D eigenvalue weighted by Gasteiger charge is -2.20. The van der Waals surface area contributed by atoms with Gasteiger partial charge in [-0.15, -0.1) is 10.2 Å². The minimum Gasteiger partial charge on any atom is -0.444 e. The number of anilines is 1. The zero-order chi connectivity index (χ0) is 17.9. The highest BCUT2D eigenvalue weighted by Crippen LogP contribution is 2.25. The van der Waals surface area contributed by atoms with Crippen LogP contribution in [0.2, 0.25) is 0 Å². The van der Waals surface area contributed by atoms with Crippen LogP contribution in [0.25, 0.3) is 0 Å².